The van der Waals surface area contributed by atoms with E-state index >= 15 is 0 Å². The molecule has 2 rings (SSSR count). The third kappa shape index (κ3) is 3.29. The van der Waals surface area contributed by atoms with Crippen molar-refractivity contribution in [1.82, 2.24) is 0 Å². The fraction of sp³-hybridized carbons (Fsp3) is 0.333. The van der Waals surface area contributed by atoms with Crippen molar-refractivity contribution < 1.29 is 9.15 Å². The maximum absolute atomic E-state index is 5.60. The number of benzene rings is 1. The van der Waals surface area contributed by atoms with Crippen LogP contribution in [-0.2, 0) is 0 Å². The van der Waals surface area contributed by atoms with E-state index in [0.717, 1.165) is 30.2 Å². The fourth-order valence-corrected chi connectivity index (χ4v) is 1.75. The van der Waals surface area contributed by atoms with Gasteiger partial charge in [0.1, 0.15) is 11.5 Å². The molecule has 0 fully saturated rings. The Balaban J connectivity index is 2.00. The van der Waals surface area contributed by atoms with E-state index in [1.54, 1.807) is 6.26 Å². The van der Waals surface area contributed by atoms with Crippen molar-refractivity contribution in [3.05, 3.63) is 48.4 Å². The Kier molecular flexibility index (Phi) is 4.29. The van der Waals surface area contributed by atoms with Crippen LogP contribution in [0, 0.1) is 0 Å². The van der Waals surface area contributed by atoms with Crippen LogP contribution in [0.5, 0.6) is 5.75 Å². The number of hydrogen-bond donors (Lipinski definition) is 1. The molecule has 1 unspecified atom stereocenters. The molecule has 1 heterocycles. The number of rotatable bonds is 6. The van der Waals surface area contributed by atoms with E-state index < -0.39 is 0 Å². The SMILES string of the molecule is CCCOc1cccc(NC(C)c2ccco2)c1. The Morgan fingerprint density at radius 3 is 2.89 bits per heavy atom. The normalized spacial score (nSPS) is 12.1. The zero-order valence-electron chi connectivity index (χ0n) is 10.8. The second-order valence-corrected chi connectivity index (χ2v) is 4.26. The van der Waals surface area contributed by atoms with Crippen LogP contribution >= 0.6 is 0 Å². The molecule has 0 saturated carbocycles. The monoisotopic (exact) mass is 245 g/mol. The molecule has 1 N–H and O–H groups in total. The summed E-state index contributed by atoms with van der Waals surface area (Å²) in [6, 6.07) is 12.0. The van der Waals surface area contributed by atoms with Gasteiger partial charge < -0.3 is 14.5 Å². The van der Waals surface area contributed by atoms with Crippen LogP contribution < -0.4 is 10.1 Å². The summed E-state index contributed by atoms with van der Waals surface area (Å²) in [4.78, 5) is 0. The molecule has 0 aliphatic carbocycles. The van der Waals surface area contributed by atoms with Gasteiger partial charge in [-0.15, -0.1) is 0 Å². The van der Waals surface area contributed by atoms with Crippen molar-refractivity contribution >= 4 is 5.69 Å². The predicted octanol–water partition coefficient (Wildman–Crippen LogP) is 4.24. The fourth-order valence-electron chi connectivity index (χ4n) is 1.75. The number of hydrogen-bond acceptors (Lipinski definition) is 3. The number of anilines is 1. The molecule has 0 amide bonds. The summed E-state index contributed by atoms with van der Waals surface area (Å²) in [7, 11) is 0. The Hall–Kier alpha value is -1.90. The lowest BCUT2D eigenvalue weighted by molar-refractivity contribution is 0.317. The van der Waals surface area contributed by atoms with Crippen molar-refractivity contribution in [3.8, 4) is 5.75 Å². The molecule has 2 aromatic rings. The minimum atomic E-state index is 0.140. The molecular formula is C15H19NO2. The summed E-state index contributed by atoms with van der Waals surface area (Å²) in [5.41, 5.74) is 1.03. The minimum absolute atomic E-state index is 0.140. The highest BCUT2D eigenvalue weighted by Gasteiger charge is 2.07. The zero-order chi connectivity index (χ0) is 12.8. The minimum Gasteiger partial charge on any atom is -0.494 e. The van der Waals surface area contributed by atoms with Gasteiger partial charge in [-0.1, -0.05) is 13.0 Å². The Bertz CT molecular complexity index is 465. The summed E-state index contributed by atoms with van der Waals surface area (Å²) in [5.74, 6) is 1.82. The third-order valence-electron chi connectivity index (χ3n) is 2.66. The standard InChI is InChI=1S/C15H19NO2/c1-3-9-17-14-7-4-6-13(11-14)16-12(2)15-8-5-10-18-15/h4-8,10-12,16H,3,9H2,1-2H3. The van der Waals surface area contributed by atoms with Crippen LogP contribution in [-0.4, -0.2) is 6.61 Å². The van der Waals surface area contributed by atoms with Crippen LogP contribution in [0.2, 0.25) is 0 Å². The Morgan fingerprint density at radius 1 is 1.28 bits per heavy atom. The largest absolute Gasteiger partial charge is 0.494 e. The lowest BCUT2D eigenvalue weighted by Crippen LogP contribution is -2.05. The molecule has 0 radical (unpaired) electrons. The van der Waals surface area contributed by atoms with Gasteiger partial charge >= 0.3 is 0 Å². The molecule has 0 spiro atoms. The summed E-state index contributed by atoms with van der Waals surface area (Å²) in [5, 5.41) is 3.39. The lowest BCUT2D eigenvalue weighted by Gasteiger charge is -2.14. The summed E-state index contributed by atoms with van der Waals surface area (Å²) >= 11 is 0. The summed E-state index contributed by atoms with van der Waals surface area (Å²) in [6.45, 7) is 4.91. The topological polar surface area (TPSA) is 34.4 Å². The van der Waals surface area contributed by atoms with E-state index in [9.17, 15) is 0 Å². The predicted molar refractivity (Wildman–Crippen MR) is 73.0 cm³/mol. The van der Waals surface area contributed by atoms with Crippen LogP contribution in [0.4, 0.5) is 5.69 Å². The molecule has 0 aliphatic rings. The smallest absolute Gasteiger partial charge is 0.125 e. The quantitative estimate of drug-likeness (QED) is 0.826. The van der Waals surface area contributed by atoms with Crippen LogP contribution in [0.25, 0.3) is 0 Å². The van der Waals surface area contributed by atoms with Crippen molar-refractivity contribution in [2.24, 2.45) is 0 Å². The first-order valence-electron chi connectivity index (χ1n) is 6.32. The molecule has 3 heteroatoms. The Morgan fingerprint density at radius 2 is 2.17 bits per heavy atom. The molecule has 1 aromatic heterocycles. The second kappa shape index (κ2) is 6.15. The molecular weight excluding hydrogens is 226 g/mol. The molecule has 0 saturated heterocycles. The van der Waals surface area contributed by atoms with Crippen LogP contribution in [0.1, 0.15) is 32.1 Å². The highest BCUT2D eigenvalue weighted by atomic mass is 16.5. The van der Waals surface area contributed by atoms with E-state index in [1.807, 2.05) is 36.4 Å². The third-order valence-corrected chi connectivity index (χ3v) is 2.66. The molecule has 96 valence electrons. The van der Waals surface area contributed by atoms with Gasteiger partial charge in [0.2, 0.25) is 0 Å². The highest BCUT2D eigenvalue weighted by molar-refractivity contribution is 5.49. The van der Waals surface area contributed by atoms with E-state index in [0.29, 0.717) is 0 Å². The van der Waals surface area contributed by atoms with Gasteiger partial charge in [-0.25, -0.2) is 0 Å². The first-order chi connectivity index (χ1) is 8.79. The van der Waals surface area contributed by atoms with Crippen molar-refractivity contribution in [3.63, 3.8) is 0 Å². The second-order valence-electron chi connectivity index (χ2n) is 4.26. The van der Waals surface area contributed by atoms with E-state index in [2.05, 4.69) is 19.2 Å². The first-order valence-corrected chi connectivity index (χ1v) is 6.32. The van der Waals surface area contributed by atoms with Crippen molar-refractivity contribution in [2.75, 3.05) is 11.9 Å². The maximum Gasteiger partial charge on any atom is 0.125 e. The molecule has 0 bridgehead atoms. The van der Waals surface area contributed by atoms with Crippen molar-refractivity contribution in [1.29, 1.82) is 0 Å². The van der Waals surface area contributed by atoms with Crippen LogP contribution in [0.15, 0.2) is 47.1 Å². The van der Waals surface area contributed by atoms with E-state index in [-0.39, 0.29) is 6.04 Å². The molecule has 1 atom stereocenters. The highest BCUT2D eigenvalue weighted by Crippen LogP contribution is 2.23. The molecule has 18 heavy (non-hydrogen) atoms. The van der Waals surface area contributed by atoms with Gasteiger partial charge in [0, 0.05) is 11.8 Å². The van der Waals surface area contributed by atoms with Gasteiger partial charge in [0.25, 0.3) is 0 Å². The first kappa shape index (κ1) is 12.6. The number of nitrogens with one attached hydrogen (secondary N) is 1. The summed E-state index contributed by atoms with van der Waals surface area (Å²) < 4.78 is 11.0. The van der Waals surface area contributed by atoms with E-state index in [1.165, 1.54) is 0 Å². The number of furan rings is 1. The lowest BCUT2D eigenvalue weighted by atomic mass is 10.2. The zero-order valence-corrected chi connectivity index (χ0v) is 10.8. The van der Waals surface area contributed by atoms with Crippen LogP contribution in [0.3, 0.4) is 0 Å². The molecule has 1 aromatic carbocycles. The molecule has 3 nitrogen and oxygen atoms in total. The van der Waals surface area contributed by atoms with Gasteiger partial charge in [0.05, 0.1) is 18.9 Å². The Labute approximate surface area is 108 Å². The van der Waals surface area contributed by atoms with Gasteiger partial charge in [-0.2, -0.15) is 0 Å². The number of ether oxygens (including phenoxy) is 1. The van der Waals surface area contributed by atoms with E-state index in [4.69, 9.17) is 9.15 Å². The average molecular weight is 245 g/mol. The molecule has 0 aliphatic heterocycles. The van der Waals surface area contributed by atoms with Gasteiger partial charge in [-0.3, -0.25) is 0 Å². The van der Waals surface area contributed by atoms with Gasteiger partial charge in [-0.05, 0) is 37.6 Å². The summed E-state index contributed by atoms with van der Waals surface area (Å²) in [6.07, 6.45) is 2.70. The maximum atomic E-state index is 5.60. The van der Waals surface area contributed by atoms with Crippen molar-refractivity contribution in [2.45, 2.75) is 26.3 Å². The van der Waals surface area contributed by atoms with Gasteiger partial charge in [0.15, 0.2) is 0 Å². The average Bonchev–Trinajstić information content (AvgIpc) is 2.91.